The van der Waals surface area contributed by atoms with Gasteiger partial charge in [0.15, 0.2) is 0 Å². The number of fused-ring (bicyclic) bond motifs is 1. The number of carbonyl (C=O) groups is 1. The molecule has 0 atom stereocenters. The van der Waals surface area contributed by atoms with E-state index in [-0.39, 0.29) is 5.91 Å². The van der Waals surface area contributed by atoms with E-state index in [0.717, 1.165) is 0 Å². The molecular formula is C14H11ClN2O. The maximum atomic E-state index is 12.4. The molecule has 3 rings (SSSR count). The SMILES string of the molecule is O=C(c1ccncc1Cl)N1Cc2ccccc2C1. The molecule has 1 aromatic carbocycles. The number of carbonyl (C=O) groups excluding carboxylic acids is 1. The summed E-state index contributed by atoms with van der Waals surface area (Å²) in [5.41, 5.74) is 2.92. The number of halogens is 1. The topological polar surface area (TPSA) is 33.2 Å². The van der Waals surface area contributed by atoms with Gasteiger partial charge in [0.1, 0.15) is 0 Å². The third kappa shape index (κ3) is 1.87. The highest BCUT2D eigenvalue weighted by Gasteiger charge is 2.24. The predicted molar refractivity (Wildman–Crippen MR) is 69.3 cm³/mol. The monoisotopic (exact) mass is 258 g/mol. The molecule has 4 heteroatoms. The molecule has 90 valence electrons. The Bertz CT molecular complexity index is 587. The molecule has 0 unspecified atom stereocenters. The predicted octanol–water partition coefficient (Wildman–Crippen LogP) is 2.89. The fourth-order valence-electron chi connectivity index (χ4n) is 2.20. The van der Waals surface area contributed by atoms with Gasteiger partial charge in [0.05, 0.1) is 10.6 Å². The molecule has 18 heavy (non-hydrogen) atoms. The van der Waals surface area contributed by atoms with Crippen LogP contribution in [0.4, 0.5) is 0 Å². The van der Waals surface area contributed by atoms with Crippen LogP contribution in [0.1, 0.15) is 21.5 Å². The number of hydrogen-bond donors (Lipinski definition) is 0. The summed E-state index contributed by atoms with van der Waals surface area (Å²) in [6.45, 7) is 1.29. The minimum atomic E-state index is -0.0430. The van der Waals surface area contributed by atoms with Gasteiger partial charge in [-0.05, 0) is 17.2 Å². The molecule has 1 aliphatic rings. The summed E-state index contributed by atoms with van der Waals surface area (Å²) < 4.78 is 0. The lowest BCUT2D eigenvalue weighted by molar-refractivity contribution is 0.0751. The van der Waals surface area contributed by atoms with E-state index in [9.17, 15) is 4.79 Å². The van der Waals surface area contributed by atoms with Gasteiger partial charge in [0, 0.05) is 25.5 Å². The molecule has 1 aliphatic heterocycles. The Morgan fingerprint density at radius 1 is 1.17 bits per heavy atom. The van der Waals surface area contributed by atoms with Gasteiger partial charge in [-0.25, -0.2) is 0 Å². The Kier molecular flexibility index (Phi) is 2.76. The normalized spacial score (nSPS) is 13.5. The molecule has 0 bridgehead atoms. The molecular weight excluding hydrogens is 248 g/mol. The number of rotatable bonds is 1. The zero-order chi connectivity index (χ0) is 12.5. The summed E-state index contributed by atoms with van der Waals surface area (Å²) in [4.78, 5) is 18.0. The fraction of sp³-hybridized carbons (Fsp3) is 0.143. The second kappa shape index (κ2) is 4.42. The van der Waals surface area contributed by atoms with E-state index in [1.165, 1.54) is 17.3 Å². The van der Waals surface area contributed by atoms with Crippen LogP contribution in [0.5, 0.6) is 0 Å². The Morgan fingerprint density at radius 2 is 1.83 bits per heavy atom. The van der Waals surface area contributed by atoms with Crippen LogP contribution in [0.15, 0.2) is 42.7 Å². The van der Waals surface area contributed by atoms with E-state index in [2.05, 4.69) is 17.1 Å². The van der Waals surface area contributed by atoms with Crippen molar-refractivity contribution in [2.45, 2.75) is 13.1 Å². The summed E-state index contributed by atoms with van der Waals surface area (Å²) in [7, 11) is 0. The van der Waals surface area contributed by atoms with Gasteiger partial charge < -0.3 is 4.90 Å². The summed E-state index contributed by atoms with van der Waals surface area (Å²) in [5, 5.41) is 0.401. The van der Waals surface area contributed by atoms with Crippen molar-refractivity contribution in [1.29, 1.82) is 0 Å². The maximum Gasteiger partial charge on any atom is 0.256 e. The zero-order valence-electron chi connectivity index (χ0n) is 9.64. The van der Waals surface area contributed by atoms with E-state index in [0.29, 0.717) is 23.7 Å². The van der Waals surface area contributed by atoms with Gasteiger partial charge in [-0.2, -0.15) is 0 Å². The first-order valence-corrected chi connectivity index (χ1v) is 6.09. The summed E-state index contributed by atoms with van der Waals surface area (Å²) >= 11 is 6.00. The Hall–Kier alpha value is -1.87. The highest BCUT2D eigenvalue weighted by Crippen LogP contribution is 2.25. The van der Waals surface area contributed by atoms with Crippen LogP contribution in [-0.2, 0) is 13.1 Å². The average molecular weight is 259 g/mol. The first-order valence-electron chi connectivity index (χ1n) is 5.71. The number of benzene rings is 1. The van der Waals surface area contributed by atoms with Gasteiger partial charge in [-0.3, -0.25) is 9.78 Å². The Morgan fingerprint density at radius 3 is 2.44 bits per heavy atom. The minimum absolute atomic E-state index is 0.0430. The second-order valence-corrected chi connectivity index (χ2v) is 4.69. The van der Waals surface area contributed by atoms with Crippen molar-refractivity contribution in [3.05, 3.63) is 64.4 Å². The zero-order valence-corrected chi connectivity index (χ0v) is 10.4. The van der Waals surface area contributed by atoms with E-state index in [1.54, 1.807) is 17.2 Å². The molecule has 0 radical (unpaired) electrons. The summed E-state index contributed by atoms with van der Waals surface area (Å²) in [5.74, 6) is -0.0430. The summed E-state index contributed by atoms with van der Waals surface area (Å²) in [6, 6.07) is 9.75. The van der Waals surface area contributed by atoms with E-state index < -0.39 is 0 Å². The molecule has 1 amide bonds. The molecule has 3 nitrogen and oxygen atoms in total. The third-order valence-corrected chi connectivity index (χ3v) is 3.43. The smallest absolute Gasteiger partial charge is 0.256 e. The number of aromatic nitrogens is 1. The second-order valence-electron chi connectivity index (χ2n) is 4.29. The van der Waals surface area contributed by atoms with Gasteiger partial charge in [0.2, 0.25) is 0 Å². The van der Waals surface area contributed by atoms with E-state index in [1.807, 2.05) is 12.1 Å². The average Bonchev–Trinajstić information content (AvgIpc) is 2.82. The van der Waals surface area contributed by atoms with Gasteiger partial charge >= 0.3 is 0 Å². The van der Waals surface area contributed by atoms with Crippen molar-refractivity contribution < 1.29 is 4.79 Å². The largest absolute Gasteiger partial charge is 0.330 e. The minimum Gasteiger partial charge on any atom is -0.330 e. The van der Waals surface area contributed by atoms with Crippen molar-refractivity contribution in [2.24, 2.45) is 0 Å². The first-order chi connectivity index (χ1) is 8.75. The van der Waals surface area contributed by atoms with Crippen LogP contribution in [0, 0.1) is 0 Å². The van der Waals surface area contributed by atoms with Crippen LogP contribution in [0.3, 0.4) is 0 Å². The first kappa shape index (κ1) is 11.2. The highest BCUT2D eigenvalue weighted by molar-refractivity contribution is 6.33. The van der Waals surface area contributed by atoms with Crippen LogP contribution < -0.4 is 0 Å². The van der Waals surface area contributed by atoms with Crippen LogP contribution >= 0.6 is 11.6 Å². The van der Waals surface area contributed by atoms with Gasteiger partial charge in [-0.15, -0.1) is 0 Å². The van der Waals surface area contributed by atoms with Gasteiger partial charge in [-0.1, -0.05) is 35.9 Å². The molecule has 0 spiro atoms. The molecule has 0 aliphatic carbocycles. The summed E-state index contributed by atoms with van der Waals surface area (Å²) in [6.07, 6.45) is 3.08. The molecule has 0 fully saturated rings. The fourth-order valence-corrected chi connectivity index (χ4v) is 2.40. The molecule has 1 aromatic heterocycles. The van der Waals surface area contributed by atoms with Crippen molar-refractivity contribution in [3.8, 4) is 0 Å². The van der Waals surface area contributed by atoms with E-state index in [4.69, 9.17) is 11.6 Å². The number of nitrogens with zero attached hydrogens (tertiary/aromatic N) is 2. The van der Waals surface area contributed by atoms with Crippen molar-refractivity contribution in [2.75, 3.05) is 0 Å². The maximum absolute atomic E-state index is 12.4. The van der Waals surface area contributed by atoms with Crippen LogP contribution in [0.2, 0.25) is 5.02 Å². The number of amides is 1. The lowest BCUT2D eigenvalue weighted by Gasteiger charge is -2.15. The Labute approximate surface area is 110 Å². The standard InChI is InChI=1S/C14H11ClN2O/c15-13-7-16-6-5-12(13)14(18)17-8-10-3-1-2-4-11(10)9-17/h1-7H,8-9H2. The van der Waals surface area contributed by atoms with Crippen molar-refractivity contribution in [1.82, 2.24) is 9.88 Å². The van der Waals surface area contributed by atoms with Crippen LogP contribution in [0.25, 0.3) is 0 Å². The quantitative estimate of drug-likeness (QED) is 0.788. The molecule has 0 N–H and O–H groups in total. The lowest BCUT2D eigenvalue weighted by Crippen LogP contribution is -2.25. The molecule has 2 heterocycles. The van der Waals surface area contributed by atoms with Crippen LogP contribution in [-0.4, -0.2) is 15.8 Å². The molecule has 0 saturated carbocycles. The third-order valence-electron chi connectivity index (χ3n) is 3.13. The Balaban J connectivity index is 1.87. The molecule has 0 saturated heterocycles. The van der Waals surface area contributed by atoms with Crippen molar-refractivity contribution in [3.63, 3.8) is 0 Å². The van der Waals surface area contributed by atoms with E-state index >= 15 is 0 Å². The number of pyridine rings is 1. The van der Waals surface area contributed by atoms with Crippen molar-refractivity contribution >= 4 is 17.5 Å². The van der Waals surface area contributed by atoms with Gasteiger partial charge in [0.25, 0.3) is 5.91 Å². The highest BCUT2D eigenvalue weighted by atomic mass is 35.5. The molecule has 2 aromatic rings. The number of hydrogen-bond acceptors (Lipinski definition) is 2. The lowest BCUT2D eigenvalue weighted by atomic mass is 10.1.